The van der Waals surface area contributed by atoms with Crippen LogP contribution in [0.25, 0.3) is 0 Å². The molecule has 0 rings (SSSR count). The normalized spacial score (nSPS) is 12.4. The lowest BCUT2D eigenvalue weighted by molar-refractivity contribution is -0.143. The van der Waals surface area contributed by atoms with Crippen molar-refractivity contribution in [3.05, 3.63) is 12.2 Å². The molecule has 3 N–H and O–H groups in total. The van der Waals surface area contributed by atoms with Crippen molar-refractivity contribution in [1.82, 2.24) is 5.32 Å². The van der Waals surface area contributed by atoms with E-state index >= 15 is 0 Å². The third-order valence-electron chi connectivity index (χ3n) is 20.6. The monoisotopic (exact) mass is 1300 g/mol. The number of amides is 1. The molecule has 0 fully saturated rings. The SMILES string of the molecule is CCCCCCCCCCCCCCCCCCCCC/C=C/C(O)C(CO)NC(=O)CCCCCCCCCCCCCCCCCCCCCCCCCCCCCCCCCCCCCCCCCOC(=O)CCCCCCCCCCCCCCCCC. The molecule has 0 saturated carbocycles. The third kappa shape index (κ3) is 77.6. The maximum atomic E-state index is 12.6. The standard InChI is InChI=1S/C86H169NO5/c1-3-5-7-9-11-13-15-17-19-20-21-41-44-47-51-54-58-62-66-70-74-78-84(89)83(82-88)87-85(90)79-75-71-67-63-59-55-52-48-45-42-39-37-35-33-31-29-27-25-23-22-24-26-28-30-32-34-36-38-40-43-46-49-53-57-61-65-69-73-77-81-92-86(91)80-76-72-68-64-60-56-50-18-16-14-12-10-8-6-4-2/h74,78,83-84,88-89H,3-73,75-77,79-82H2,1-2H3,(H,87,90)/b78-74+. The van der Waals surface area contributed by atoms with Crippen molar-refractivity contribution in [3.63, 3.8) is 0 Å². The number of rotatable bonds is 82. The first-order chi connectivity index (χ1) is 45.5. The van der Waals surface area contributed by atoms with E-state index < -0.39 is 12.1 Å². The van der Waals surface area contributed by atoms with Gasteiger partial charge in [-0.2, -0.15) is 0 Å². The second kappa shape index (κ2) is 82.0. The van der Waals surface area contributed by atoms with Crippen molar-refractivity contribution in [2.45, 2.75) is 514 Å². The van der Waals surface area contributed by atoms with E-state index in [1.807, 2.05) is 6.08 Å². The number of hydrogen-bond acceptors (Lipinski definition) is 5. The van der Waals surface area contributed by atoms with Gasteiger partial charge in [0.25, 0.3) is 0 Å². The fourth-order valence-corrected chi connectivity index (χ4v) is 14.1. The Labute approximate surface area is 578 Å². The summed E-state index contributed by atoms with van der Waals surface area (Å²) >= 11 is 0. The Morgan fingerprint density at radius 3 is 0.739 bits per heavy atom. The molecule has 0 spiro atoms. The highest BCUT2D eigenvalue weighted by Crippen LogP contribution is 2.21. The van der Waals surface area contributed by atoms with Gasteiger partial charge in [-0.3, -0.25) is 9.59 Å². The zero-order chi connectivity index (χ0) is 66.3. The molecule has 0 radical (unpaired) electrons. The summed E-state index contributed by atoms with van der Waals surface area (Å²) in [6.07, 6.45) is 105. The highest BCUT2D eigenvalue weighted by Gasteiger charge is 2.18. The second-order valence-electron chi connectivity index (χ2n) is 29.9. The lowest BCUT2D eigenvalue weighted by Crippen LogP contribution is -2.45. The molecule has 0 aliphatic heterocycles. The minimum atomic E-state index is -0.841. The maximum absolute atomic E-state index is 12.6. The van der Waals surface area contributed by atoms with Crippen LogP contribution in [0.5, 0.6) is 0 Å². The number of aliphatic hydroxyl groups excluding tert-OH is 2. The largest absolute Gasteiger partial charge is 0.466 e. The lowest BCUT2D eigenvalue weighted by Gasteiger charge is -2.20. The van der Waals surface area contributed by atoms with Gasteiger partial charge in [-0.1, -0.05) is 469 Å². The smallest absolute Gasteiger partial charge is 0.305 e. The van der Waals surface area contributed by atoms with Gasteiger partial charge in [-0.05, 0) is 32.1 Å². The van der Waals surface area contributed by atoms with Gasteiger partial charge in [0.05, 0.1) is 25.4 Å². The predicted molar refractivity (Wildman–Crippen MR) is 407 cm³/mol. The molecular formula is C86H169NO5. The average Bonchev–Trinajstić information content (AvgIpc) is 3.58. The van der Waals surface area contributed by atoms with Gasteiger partial charge in [0.15, 0.2) is 0 Å². The van der Waals surface area contributed by atoms with Gasteiger partial charge in [-0.15, -0.1) is 0 Å². The number of hydrogen-bond donors (Lipinski definition) is 3. The van der Waals surface area contributed by atoms with Crippen LogP contribution in [0.1, 0.15) is 502 Å². The summed E-state index contributed by atoms with van der Waals surface area (Å²) in [5.74, 6) is -0.0282. The summed E-state index contributed by atoms with van der Waals surface area (Å²) in [5, 5.41) is 23.3. The molecule has 0 aromatic heterocycles. The highest BCUT2D eigenvalue weighted by molar-refractivity contribution is 5.76. The summed E-state index contributed by atoms with van der Waals surface area (Å²) in [5.41, 5.74) is 0. The number of unbranched alkanes of at least 4 members (excludes halogenated alkanes) is 71. The van der Waals surface area contributed by atoms with Crippen molar-refractivity contribution < 1.29 is 24.5 Å². The van der Waals surface area contributed by atoms with Crippen LogP contribution in [-0.2, 0) is 14.3 Å². The first kappa shape index (κ1) is 90.6. The van der Waals surface area contributed by atoms with E-state index in [4.69, 9.17) is 4.74 Å². The molecule has 92 heavy (non-hydrogen) atoms. The molecule has 0 bridgehead atoms. The Hall–Kier alpha value is -1.40. The molecule has 6 heteroatoms. The molecule has 2 atom stereocenters. The van der Waals surface area contributed by atoms with Crippen molar-refractivity contribution >= 4 is 11.9 Å². The number of esters is 1. The van der Waals surface area contributed by atoms with Gasteiger partial charge in [0.2, 0.25) is 5.91 Å². The van der Waals surface area contributed by atoms with Crippen LogP contribution in [-0.4, -0.2) is 47.4 Å². The van der Waals surface area contributed by atoms with E-state index in [0.29, 0.717) is 19.4 Å². The molecule has 6 nitrogen and oxygen atoms in total. The quantitative estimate of drug-likeness (QED) is 0.0320. The summed E-state index contributed by atoms with van der Waals surface area (Å²) < 4.78 is 5.51. The topological polar surface area (TPSA) is 95.9 Å². The maximum Gasteiger partial charge on any atom is 0.305 e. The Morgan fingerprint density at radius 2 is 0.500 bits per heavy atom. The van der Waals surface area contributed by atoms with Crippen molar-refractivity contribution in [2.75, 3.05) is 13.2 Å². The minimum Gasteiger partial charge on any atom is -0.466 e. The first-order valence-corrected chi connectivity index (χ1v) is 43.0. The van der Waals surface area contributed by atoms with E-state index in [9.17, 15) is 19.8 Å². The number of carbonyl (C=O) groups is 2. The molecule has 548 valence electrons. The molecule has 0 aromatic carbocycles. The Balaban J connectivity index is 3.30. The van der Waals surface area contributed by atoms with E-state index in [-0.39, 0.29) is 18.5 Å². The van der Waals surface area contributed by atoms with Gasteiger partial charge >= 0.3 is 5.97 Å². The number of ether oxygens (including phenoxy) is 1. The van der Waals surface area contributed by atoms with Crippen molar-refractivity contribution in [3.8, 4) is 0 Å². The molecular weight excluding hydrogens is 1130 g/mol. The van der Waals surface area contributed by atoms with Crippen LogP contribution in [0.3, 0.4) is 0 Å². The van der Waals surface area contributed by atoms with Crippen LogP contribution in [0.15, 0.2) is 12.2 Å². The Morgan fingerprint density at radius 1 is 0.293 bits per heavy atom. The van der Waals surface area contributed by atoms with E-state index in [1.54, 1.807) is 6.08 Å². The van der Waals surface area contributed by atoms with Crippen LogP contribution in [0, 0.1) is 0 Å². The number of nitrogens with one attached hydrogen (secondary N) is 1. The predicted octanol–water partition coefficient (Wildman–Crippen LogP) is 28.6. The average molecular weight is 1300 g/mol. The summed E-state index contributed by atoms with van der Waals surface area (Å²) in [6.45, 7) is 4.97. The van der Waals surface area contributed by atoms with E-state index in [2.05, 4.69) is 19.2 Å². The first-order valence-electron chi connectivity index (χ1n) is 43.0. The molecule has 0 saturated heterocycles. The second-order valence-corrected chi connectivity index (χ2v) is 29.9. The molecule has 1 amide bonds. The Bertz CT molecular complexity index is 1400. The van der Waals surface area contributed by atoms with E-state index in [1.165, 1.54) is 437 Å². The Kier molecular flexibility index (Phi) is 80.8. The molecule has 0 heterocycles. The van der Waals surface area contributed by atoms with Crippen LogP contribution in [0.2, 0.25) is 0 Å². The number of allylic oxidation sites excluding steroid dienone is 1. The fourth-order valence-electron chi connectivity index (χ4n) is 14.1. The number of carbonyl (C=O) groups excluding carboxylic acids is 2. The van der Waals surface area contributed by atoms with Crippen molar-refractivity contribution in [1.29, 1.82) is 0 Å². The van der Waals surface area contributed by atoms with E-state index in [0.717, 1.165) is 38.5 Å². The molecule has 0 aliphatic rings. The zero-order valence-corrected chi connectivity index (χ0v) is 63.1. The summed E-state index contributed by atoms with van der Waals surface area (Å²) in [7, 11) is 0. The van der Waals surface area contributed by atoms with Crippen LogP contribution in [0.4, 0.5) is 0 Å². The van der Waals surface area contributed by atoms with Crippen molar-refractivity contribution in [2.24, 2.45) is 0 Å². The van der Waals surface area contributed by atoms with Crippen LogP contribution >= 0.6 is 0 Å². The lowest BCUT2D eigenvalue weighted by atomic mass is 10.0. The van der Waals surface area contributed by atoms with Crippen LogP contribution < -0.4 is 5.32 Å². The molecule has 2 unspecified atom stereocenters. The summed E-state index contributed by atoms with van der Waals surface area (Å²) in [6, 6.07) is -0.624. The van der Waals surface area contributed by atoms with Gasteiger partial charge in [0, 0.05) is 12.8 Å². The van der Waals surface area contributed by atoms with Gasteiger partial charge in [-0.25, -0.2) is 0 Å². The van der Waals surface area contributed by atoms with Gasteiger partial charge < -0.3 is 20.3 Å². The molecule has 0 aliphatic carbocycles. The molecule has 0 aromatic rings. The highest BCUT2D eigenvalue weighted by atomic mass is 16.5. The third-order valence-corrected chi connectivity index (χ3v) is 20.6. The minimum absolute atomic E-state index is 0.0281. The fraction of sp³-hybridized carbons (Fsp3) is 0.953. The number of aliphatic hydroxyl groups is 2. The van der Waals surface area contributed by atoms with Gasteiger partial charge in [0.1, 0.15) is 0 Å². The zero-order valence-electron chi connectivity index (χ0n) is 63.1. The summed E-state index contributed by atoms with van der Waals surface area (Å²) in [4.78, 5) is 24.6.